The van der Waals surface area contributed by atoms with Crippen LogP contribution in [0, 0.1) is 11.3 Å². The third-order valence-electron chi connectivity index (χ3n) is 2.33. The molecule has 0 atom stereocenters. The zero-order chi connectivity index (χ0) is 12.3. The van der Waals surface area contributed by atoms with Crippen molar-refractivity contribution in [3.05, 3.63) is 42.1 Å². The quantitative estimate of drug-likeness (QED) is 0.817. The third-order valence-corrected chi connectivity index (χ3v) is 2.33. The van der Waals surface area contributed by atoms with Crippen LogP contribution < -0.4 is 0 Å². The van der Waals surface area contributed by atoms with Gasteiger partial charge in [-0.15, -0.1) is 0 Å². The summed E-state index contributed by atoms with van der Waals surface area (Å²) in [4.78, 5) is 0. The molecule has 5 heteroatoms. The fraction of sp³-hybridized carbons (Fsp3) is 0.167. The van der Waals surface area contributed by atoms with Gasteiger partial charge in [0.1, 0.15) is 0 Å². The summed E-state index contributed by atoms with van der Waals surface area (Å²) in [5, 5.41) is 12.4. The first kappa shape index (κ1) is 11.3. The number of hydrogen-bond acceptors (Lipinski definition) is 2. The number of benzene rings is 1. The minimum Gasteiger partial charge on any atom is -0.207 e. The number of nitriles is 1. The van der Waals surface area contributed by atoms with Gasteiger partial charge in [0, 0.05) is 5.56 Å². The van der Waals surface area contributed by atoms with Gasteiger partial charge in [-0.1, -0.05) is 30.3 Å². The smallest absolute Gasteiger partial charge is 0.207 e. The number of hydrogen-bond donors (Lipinski definition) is 0. The maximum atomic E-state index is 12.7. The van der Waals surface area contributed by atoms with E-state index >= 15 is 0 Å². The lowest BCUT2D eigenvalue weighted by Gasteiger charge is -2.01. The Labute approximate surface area is 96.9 Å². The third kappa shape index (κ3) is 2.31. The molecular weight excluding hydrogens is 224 g/mol. The van der Waals surface area contributed by atoms with Gasteiger partial charge >= 0.3 is 6.55 Å². The molecule has 0 saturated heterocycles. The highest BCUT2D eigenvalue weighted by Crippen LogP contribution is 2.22. The molecule has 0 bridgehead atoms. The predicted molar refractivity (Wildman–Crippen MR) is 58.2 cm³/mol. The highest BCUT2D eigenvalue weighted by Gasteiger charge is 2.15. The number of alkyl halides is 2. The Kier molecular flexibility index (Phi) is 3.15. The summed E-state index contributed by atoms with van der Waals surface area (Å²) in [5.41, 5.74) is 1.43. The van der Waals surface area contributed by atoms with E-state index in [0.29, 0.717) is 10.4 Å². The van der Waals surface area contributed by atoms with E-state index in [1.807, 2.05) is 12.1 Å². The van der Waals surface area contributed by atoms with Gasteiger partial charge in [-0.05, 0) is 6.07 Å². The average molecular weight is 233 g/mol. The van der Waals surface area contributed by atoms with Crippen molar-refractivity contribution in [2.45, 2.75) is 13.0 Å². The van der Waals surface area contributed by atoms with E-state index in [0.717, 1.165) is 5.56 Å². The van der Waals surface area contributed by atoms with Gasteiger partial charge in [-0.3, -0.25) is 0 Å². The lowest BCUT2D eigenvalue weighted by Crippen LogP contribution is -2.04. The van der Waals surface area contributed by atoms with Crippen LogP contribution in [0.3, 0.4) is 0 Å². The van der Waals surface area contributed by atoms with Crippen LogP contribution in [-0.4, -0.2) is 9.78 Å². The van der Waals surface area contributed by atoms with Crippen molar-refractivity contribution in [3.63, 3.8) is 0 Å². The highest BCUT2D eigenvalue weighted by molar-refractivity contribution is 5.59. The summed E-state index contributed by atoms with van der Waals surface area (Å²) in [6.45, 7) is -2.73. The molecule has 0 radical (unpaired) electrons. The van der Waals surface area contributed by atoms with Gasteiger partial charge in [0.05, 0.1) is 23.9 Å². The average Bonchev–Trinajstić information content (AvgIpc) is 2.75. The van der Waals surface area contributed by atoms with E-state index in [1.54, 1.807) is 24.3 Å². The second kappa shape index (κ2) is 4.74. The maximum Gasteiger partial charge on any atom is 0.333 e. The Balaban J connectivity index is 2.44. The molecular formula is C12H9F2N3. The van der Waals surface area contributed by atoms with Gasteiger partial charge in [0.15, 0.2) is 0 Å². The summed E-state index contributed by atoms with van der Waals surface area (Å²) >= 11 is 0. The molecule has 3 nitrogen and oxygen atoms in total. The van der Waals surface area contributed by atoms with Crippen LogP contribution in [-0.2, 0) is 6.42 Å². The predicted octanol–water partition coefficient (Wildman–Crippen LogP) is 3.01. The molecule has 0 fully saturated rings. The Bertz CT molecular complexity index is 541. The van der Waals surface area contributed by atoms with Crippen molar-refractivity contribution in [1.82, 2.24) is 9.78 Å². The molecule has 2 aromatic rings. The molecule has 0 aliphatic carbocycles. The molecule has 0 N–H and O–H groups in total. The van der Waals surface area contributed by atoms with Crippen LogP contribution in [0.1, 0.15) is 12.2 Å². The molecule has 17 heavy (non-hydrogen) atoms. The Morgan fingerprint density at radius 2 is 2.00 bits per heavy atom. The van der Waals surface area contributed by atoms with E-state index in [2.05, 4.69) is 5.10 Å². The summed E-state index contributed by atoms with van der Waals surface area (Å²) < 4.78 is 25.9. The Hall–Kier alpha value is -2.22. The largest absolute Gasteiger partial charge is 0.333 e. The van der Waals surface area contributed by atoms with Crippen LogP contribution in [0.2, 0.25) is 0 Å². The zero-order valence-corrected chi connectivity index (χ0v) is 8.85. The van der Waals surface area contributed by atoms with Crippen LogP contribution >= 0.6 is 0 Å². The summed E-state index contributed by atoms with van der Waals surface area (Å²) in [7, 11) is 0. The molecule has 0 spiro atoms. The topological polar surface area (TPSA) is 41.6 Å². The lowest BCUT2D eigenvalue weighted by molar-refractivity contribution is 0.0542. The van der Waals surface area contributed by atoms with Crippen molar-refractivity contribution in [2.75, 3.05) is 0 Å². The van der Waals surface area contributed by atoms with Crippen LogP contribution in [0.15, 0.2) is 36.4 Å². The SMILES string of the molecule is N#CCc1cc(-c2ccccc2)nn1C(F)F. The monoisotopic (exact) mass is 233 g/mol. The van der Waals surface area contributed by atoms with E-state index in [1.165, 1.54) is 6.07 Å². The number of halogens is 2. The van der Waals surface area contributed by atoms with Crippen molar-refractivity contribution < 1.29 is 8.78 Å². The van der Waals surface area contributed by atoms with Gasteiger partial charge in [0.2, 0.25) is 0 Å². The fourth-order valence-corrected chi connectivity index (χ4v) is 1.57. The Morgan fingerprint density at radius 3 is 2.59 bits per heavy atom. The maximum absolute atomic E-state index is 12.7. The summed E-state index contributed by atoms with van der Waals surface area (Å²) in [5.74, 6) is 0. The molecule has 0 aliphatic rings. The molecule has 2 rings (SSSR count). The van der Waals surface area contributed by atoms with Gasteiger partial charge in [0.25, 0.3) is 0 Å². The van der Waals surface area contributed by atoms with E-state index in [9.17, 15) is 8.78 Å². The lowest BCUT2D eigenvalue weighted by atomic mass is 10.1. The van der Waals surface area contributed by atoms with Crippen molar-refractivity contribution in [1.29, 1.82) is 5.26 Å². The first-order chi connectivity index (χ1) is 8.22. The number of rotatable bonds is 3. The van der Waals surface area contributed by atoms with Gasteiger partial charge < -0.3 is 0 Å². The molecule has 86 valence electrons. The fourth-order valence-electron chi connectivity index (χ4n) is 1.57. The second-order valence-corrected chi connectivity index (χ2v) is 3.44. The Morgan fingerprint density at radius 1 is 1.29 bits per heavy atom. The zero-order valence-electron chi connectivity index (χ0n) is 8.85. The summed E-state index contributed by atoms with van der Waals surface area (Å²) in [6.07, 6.45) is -0.0792. The number of aromatic nitrogens is 2. The first-order valence-electron chi connectivity index (χ1n) is 5.01. The van der Waals surface area contributed by atoms with E-state index in [4.69, 9.17) is 5.26 Å². The minimum atomic E-state index is -2.73. The van der Waals surface area contributed by atoms with Gasteiger partial charge in [-0.2, -0.15) is 19.1 Å². The minimum absolute atomic E-state index is 0.0792. The molecule has 0 aliphatic heterocycles. The van der Waals surface area contributed by atoms with Crippen LogP contribution in [0.25, 0.3) is 11.3 Å². The van der Waals surface area contributed by atoms with Gasteiger partial charge in [-0.25, -0.2) is 4.68 Å². The summed E-state index contributed by atoms with van der Waals surface area (Å²) in [6, 6.07) is 12.4. The first-order valence-corrected chi connectivity index (χ1v) is 5.01. The van der Waals surface area contributed by atoms with Crippen LogP contribution in [0.5, 0.6) is 0 Å². The molecule has 0 saturated carbocycles. The normalized spacial score (nSPS) is 10.5. The molecule has 1 aromatic heterocycles. The standard InChI is InChI=1S/C12H9F2N3/c13-12(14)17-10(6-7-15)8-11(16-17)9-4-2-1-3-5-9/h1-5,8,12H,6H2. The van der Waals surface area contributed by atoms with Crippen LogP contribution in [0.4, 0.5) is 8.78 Å². The van der Waals surface area contributed by atoms with Crippen molar-refractivity contribution in [3.8, 4) is 17.3 Å². The molecule has 0 unspecified atom stereocenters. The second-order valence-electron chi connectivity index (χ2n) is 3.44. The molecule has 1 aromatic carbocycles. The number of nitrogens with zero attached hydrogens (tertiary/aromatic N) is 3. The van der Waals surface area contributed by atoms with Crippen molar-refractivity contribution >= 4 is 0 Å². The van der Waals surface area contributed by atoms with Crippen molar-refractivity contribution in [2.24, 2.45) is 0 Å². The molecule has 0 amide bonds. The highest BCUT2D eigenvalue weighted by atomic mass is 19.3. The molecule has 1 heterocycles. The van der Waals surface area contributed by atoms with E-state index in [-0.39, 0.29) is 12.1 Å². The van der Waals surface area contributed by atoms with E-state index < -0.39 is 6.55 Å².